The van der Waals surface area contributed by atoms with Crippen molar-refractivity contribution in [1.82, 2.24) is 9.88 Å². The summed E-state index contributed by atoms with van der Waals surface area (Å²) in [5.74, 6) is 0.603. The van der Waals surface area contributed by atoms with Crippen LogP contribution in [0, 0.1) is 5.92 Å². The fourth-order valence-corrected chi connectivity index (χ4v) is 2.53. The van der Waals surface area contributed by atoms with Crippen LogP contribution in [0.3, 0.4) is 0 Å². The first-order chi connectivity index (χ1) is 8.40. The zero-order valence-corrected chi connectivity index (χ0v) is 12.9. The molecule has 0 aliphatic heterocycles. The lowest BCUT2D eigenvalue weighted by molar-refractivity contribution is 0.203. The molecule has 0 fully saturated rings. The lowest BCUT2D eigenvalue weighted by atomic mass is 10.2. The summed E-state index contributed by atoms with van der Waals surface area (Å²) in [6.07, 6.45) is 1.36. The average Bonchev–Trinajstić information content (AvgIpc) is 2.72. The molecule has 1 aromatic rings. The van der Waals surface area contributed by atoms with Crippen molar-refractivity contribution in [2.75, 3.05) is 38.6 Å². The highest BCUT2D eigenvalue weighted by molar-refractivity contribution is 7.15. The van der Waals surface area contributed by atoms with Crippen molar-refractivity contribution in [3.8, 4) is 0 Å². The zero-order valence-electron chi connectivity index (χ0n) is 12.1. The molecule has 0 bridgehead atoms. The van der Waals surface area contributed by atoms with Crippen LogP contribution in [0.15, 0.2) is 6.20 Å². The van der Waals surface area contributed by atoms with E-state index in [1.807, 2.05) is 0 Å². The monoisotopic (exact) mass is 271 g/mol. The number of thiazole rings is 1. The molecular formula is C13H25N3OS. The number of aliphatic hydroxyl groups is 1. The van der Waals surface area contributed by atoms with Crippen LogP contribution < -0.4 is 4.90 Å². The quantitative estimate of drug-likeness (QED) is 0.825. The Kier molecular flexibility index (Phi) is 6.05. The fourth-order valence-electron chi connectivity index (χ4n) is 1.64. The minimum atomic E-state index is -0.425. The lowest BCUT2D eigenvalue weighted by Crippen LogP contribution is -2.34. The molecule has 1 heterocycles. The maximum atomic E-state index is 9.56. The van der Waals surface area contributed by atoms with Gasteiger partial charge in [0.2, 0.25) is 0 Å². The van der Waals surface area contributed by atoms with Crippen LogP contribution in [-0.2, 0) is 0 Å². The van der Waals surface area contributed by atoms with Crippen molar-refractivity contribution < 1.29 is 5.11 Å². The van der Waals surface area contributed by atoms with E-state index >= 15 is 0 Å². The Labute approximate surface area is 114 Å². The molecule has 1 N–H and O–H groups in total. The van der Waals surface area contributed by atoms with E-state index in [0.717, 1.165) is 29.6 Å². The van der Waals surface area contributed by atoms with Gasteiger partial charge in [-0.05, 0) is 26.9 Å². The van der Waals surface area contributed by atoms with Crippen molar-refractivity contribution in [1.29, 1.82) is 0 Å². The number of hydrogen-bond donors (Lipinski definition) is 1. The largest absolute Gasteiger partial charge is 0.388 e. The second-order valence-corrected chi connectivity index (χ2v) is 6.40. The average molecular weight is 271 g/mol. The summed E-state index contributed by atoms with van der Waals surface area (Å²) in [7, 11) is 4.16. The Balaban J connectivity index is 2.73. The van der Waals surface area contributed by atoms with E-state index in [4.69, 9.17) is 0 Å². The number of nitrogens with zero attached hydrogens (tertiary/aromatic N) is 3. The summed E-state index contributed by atoms with van der Waals surface area (Å²) in [5, 5.41) is 10.6. The Morgan fingerprint density at radius 3 is 2.39 bits per heavy atom. The van der Waals surface area contributed by atoms with Crippen LogP contribution in [0.2, 0.25) is 0 Å². The summed E-state index contributed by atoms with van der Waals surface area (Å²) in [6.45, 7) is 9.19. The topological polar surface area (TPSA) is 39.6 Å². The van der Waals surface area contributed by atoms with Crippen LogP contribution in [-0.4, -0.2) is 48.7 Å². The zero-order chi connectivity index (χ0) is 13.7. The predicted molar refractivity (Wildman–Crippen MR) is 78.4 cm³/mol. The molecule has 0 aliphatic rings. The molecule has 1 unspecified atom stereocenters. The SMILES string of the molecule is CC(C)CN(CCN(C)C)c1ncc(C(C)O)s1. The van der Waals surface area contributed by atoms with Crippen molar-refractivity contribution in [3.63, 3.8) is 0 Å². The lowest BCUT2D eigenvalue weighted by Gasteiger charge is -2.25. The molecule has 0 aliphatic carbocycles. The molecule has 18 heavy (non-hydrogen) atoms. The van der Waals surface area contributed by atoms with Crippen molar-refractivity contribution in [2.45, 2.75) is 26.9 Å². The molecule has 0 aromatic carbocycles. The third-order valence-electron chi connectivity index (χ3n) is 2.60. The second kappa shape index (κ2) is 7.07. The van der Waals surface area contributed by atoms with Gasteiger partial charge in [-0.1, -0.05) is 25.2 Å². The van der Waals surface area contributed by atoms with Gasteiger partial charge in [-0.25, -0.2) is 4.98 Å². The number of anilines is 1. The Hall–Kier alpha value is -0.650. The smallest absolute Gasteiger partial charge is 0.185 e. The van der Waals surface area contributed by atoms with Gasteiger partial charge in [0.15, 0.2) is 5.13 Å². The van der Waals surface area contributed by atoms with Gasteiger partial charge in [-0.2, -0.15) is 0 Å². The summed E-state index contributed by atoms with van der Waals surface area (Å²) >= 11 is 1.59. The van der Waals surface area contributed by atoms with Gasteiger partial charge in [0.25, 0.3) is 0 Å². The van der Waals surface area contributed by atoms with Gasteiger partial charge < -0.3 is 14.9 Å². The normalized spacial score (nSPS) is 13.3. The van der Waals surface area contributed by atoms with E-state index in [1.54, 1.807) is 24.5 Å². The molecule has 0 amide bonds. The fraction of sp³-hybridized carbons (Fsp3) is 0.769. The van der Waals surface area contributed by atoms with Crippen LogP contribution in [0.25, 0.3) is 0 Å². The summed E-state index contributed by atoms with van der Waals surface area (Å²) in [5.41, 5.74) is 0. The highest BCUT2D eigenvalue weighted by atomic mass is 32.1. The third-order valence-corrected chi connectivity index (χ3v) is 3.82. The standard InChI is InChI=1S/C13H25N3OS/c1-10(2)9-16(7-6-15(4)5)13-14-8-12(18-13)11(3)17/h8,10-11,17H,6-7,9H2,1-5H3. The summed E-state index contributed by atoms with van der Waals surface area (Å²) in [4.78, 5) is 9.85. The van der Waals surface area contributed by atoms with E-state index in [-0.39, 0.29) is 0 Å². The number of likely N-dealkylation sites (N-methyl/N-ethyl adjacent to an activating group) is 1. The Morgan fingerprint density at radius 1 is 1.28 bits per heavy atom. The molecule has 0 radical (unpaired) electrons. The minimum absolute atomic E-state index is 0.425. The first-order valence-electron chi connectivity index (χ1n) is 6.43. The van der Waals surface area contributed by atoms with Gasteiger partial charge in [-0.3, -0.25) is 0 Å². The van der Waals surface area contributed by atoms with E-state index in [2.05, 4.69) is 42.7 Å². The maximum absolute atomic E-state index is 9.56. The van der Waals surface area contributed by atoms with Gasteiger partial charge in [0, 0.05) is 25.8 Å². The molecule has 0 spiro atoms. The number of hydrogen-bond acceptors (Lipinski definition) is 5. The first kappa shape index (κ1) is 15.4. The van der Waals surface area contributed by atoms with E-state index in [0.29, 0.717) is 5.92 Å². The van der Waals surface area contributed by atoms with Crippen LogP contribution in [0.5, 0.6) is 0 Å². The number of aliphatic hydroxyl groups excluding tert-OH is 1. The second-order valence-electron chi connectivity index (χ2n) is 5.36. The maximum Gasteiger partial charge on any atom is 0.185 e. The molecule has 0 saturated carbocycles. The first-order valence-corrected chi connectivity index (χ1v) is 7.25. The summed E-state index contributed by atoms with van der Waals surface area (Å²) in [6, 6.07) is 0. The molecule has 1 atom stereocenters. The van der Waals surface area contributed by atoms with Gasteiger partial charge in [0.1, 0.15) is 0 Å². The van der Waals surface area contributed by atoms with Gasteiger partial charge in [-0.15, -0.1) is 0 Å². The highest BCUT2D eigenvalue weighted by Gasteiger charge is 2.14. The third kappa shape index (κ3) is 4.92. The molecule has 4 nitrogen and oxygen atoms in total. The summed E-state index contributed by atoms with van der Waals surface area (Å²) < 4.78 is 0. The predicted octanol–water partition coefficient (Wildman–Crippen LogP) is 2.22. The Morgan fingerprint density at radius 2 is 1.94 bits per heavy atom. The minimum Gasteiger partial charge on any atom is -0.388 e. The molecule has 1 rings (SSSR count). The van der Waals surface area contributed by atoms with Crippen molar-refractivity contribution in [3.05, 3.63) is 11.1 Å². The molecule has 104 valence electrons. The molecule has 0 saturated heterocycles. The van der Waals surface area contributed by atoms with E-state index < -0.39 is 6.10 Å². The van der Waals surface area contributed by atoms with Crippen molar-refractivity contribution >= 4 is 16.5 Å². The van der Waals surface area contributed by atoms with Crippen LogP contribution in [0.1, 0.15) is 31.8 Å². The van der Waals surface area contributed by atoms with Gasteiger partial charge >= 0.3 is 0 Å². The van der Waals surface area contributed by atoms with Crippen molar-refractivity contribution in [2.24, 2.45) is 5.92 Å². The molecule has 5 heteroatoms. The van der Waals surface area contributed by atoms with E-state index in [9.17, 15) is 5.11 Å². The Bertz CT molecular complexity index is 350. The van der Waals surface area contributed by atoms with Gasteiger partial charge in [0.05, 0.1) is 11.0 Å². The van der Waals surface area contributed by atoms with Crippen LogP contribution >= 0.6 is 11.3 Å². The number of rotatable bonds is 7. The molecule has 1 aromatic heterocycles. The highest BCUT2D eigenvalue weighted by Crippen LogP contribution is 2.27. The van der Waals surface area contributed by atoms with Crippen LogP contribution in [0.4, 0.5) is 5.13 Å². The number of aromatic nitrogens is 1. The molecular weight excluding hydrogens is 246 g/mol. The van der Waals surface area contributed by atoms with E-state index in [1.165, 1.54) is 0 Å².